The van der Waals surface area contributed by atoms with Gasteiger partial charge in [-0.05, 0) is 48.1 Å². The van der Waals surface area contributed by atoms with Crippen LogP contribution in [0.5, 0.6) is 0 Å². The Balaban J connectivity index is 1.43. The highest BCUT2D eigenvalue weighted by Crippen LogP contribution is 2.35. The van der Waals surface area contributed by atoms with E-state index in [1.807, 2.05) is 6.07 Å². The highest BCUT2D eigenvalue weighted by molar-refractivity contribution is 5.78. The Morgan fingerprint density at radius 2 is 1.74 bits per heavy atom. The molecule has 34 heavy (non-hydrogen) atoms. The van der Waals surface area contributed by atoms with Crippen molar-refractivity contribution in [2.45, 2.75) is 24.9 Å². The molecule has 7 nitrogen and oxygen atoms in total. The minimum absolute atomic E-state index is 0.0417. The fourth-order valence-corrected chi connectivity index (χ4v) is 4.24. The van der Waals surface area contributed by atoms with Crippen molar-refractivity contribution >= 4 is 17.4 Å². The van der Waals surface area contributed by atoms with Crippen LogP contribution in [0.1, 0.15) is 30.0 Å². The lowest BCUT2D eigenvalue weighted by atomic mass is 9.89. The summed E-state index contributed by atoms with van der Waals surface area (Å²) in [6, 6.07) is 6.39. The molecule has 0 radical (unpaired) electrons. The van der Waals surface area contributed by atoms with Gasteiger partial charge in [0.1, 0.15) is 17.8 Å². The topological polar surface area (TPSA) is 85.2 Å². The Kier molecular flexibility index (Phi) is 5.29. The highest BCUT2D eigenvalue weighted by atomic mass is 19.4. The van der Waals surface area contributed by atoms with Crippen molar-refractivity contribution in [3.8, 4) is 11.1 Å². The molecule has 0 spiro atoms. The van der Waals surface area contributed by atoms with Crippen LogP contribution in [0.2, 0.25) is 0 Å². The number of nitrogens with two attached hydrogens (primary N) is 1. The number of nitrogens with zero attached hydrogens (tertiary/aromatic N) is 6. The van der Waals surface area contributed by atoms with E-state index in [0.29, 0.717) is 42.7 Å². The van der Waals surface area contributed by atoms with Crippen LogP contribution in [0.4, 0.5) is 33.7 Å². The van der Waals surface area contributed by atoms with Gasteiger partial charge in [-0.2, -0.15) is 18.2 Å². The van der Waals surface area contributed by atoms with Gasteiger partial charge in [0.2, 0.25) is 5.95 Å². The summed E-state index contributed by atoms with van der Waals surface area (Å²) < 4.78 is 67.9. The normalized spacial score (nSPS) is 15.3. The lowest BCUT2D eigenvalue weighted by molar-refractivity contribution is -0.141. The smallest absolute Gasteiger partial charge is 0.366 e. The molecule has 1 aromatic carbocycles. The van der Waals surface area contributed by atoms with Crippen molar-refractivity contribution in [1.82, 2.24) is 24.6 Å². The van der Waals surface area contributed by atoms with Gasteiger partial charge in [0.25, 0.3) is 0 Å². The average Bonchev–Trinajstić information content (AvgIpc) is 3.20. The highest BCUT2D eigenvalue weighted by Gasteiger charge is 2.33. The number of rotatable bonds is 3. The molecule has 0 amide bonds. The summed E-state index contributed by atoms with van der Waals surface area (Å²) in [6.45, 7) is 0.966. The maximum absolute atomic E-state index is 13.9. The Morgan fingerprint density at radius 1 is 0.971 bits per heavy atom. The van der Waals surface area contributed by atoms with Crippen molar-refractivity contribution < 1.29 is 22.0 Å². The maximum Gasteiger partial charge on any atom is 0.433 e. The predicted molar refractivity (Wildman–Crippen MR) is 114 cm³/mol. The molecule has 1 fully saturated rings. The average molecular weight is 475 g/mol. The van der Waals surface area contributed by atoms with Crippen molar-refractivity contribution in [3.05, 3.63) is 65.7 Å². The number of piperidine rings is 1. The van der Waals surface area contributed by atoms with Crippen molar-refractivity contribution in [1.29, 1.82) is 0 Å². The van der Waals surface area contributed by atoms with Crippen LogP contribution >= 0.6 is 0 Å². The number of nitrogen functional groups attached to an aromatic ring is 1. The van der Waals surface area contributed by atoms with Gasteiger partial charge in [-0.3, -0.25) is 0 Å². The molecule has 1 aliphatic rings. The minimum Gasteiger partial charge on any atom is -0.366 e. The van der Waals surface area contributed by atoms with Gasteiger partial charge in [0.05, 0.1) is 0 Å². The van der Waals surface area contributed by atoms with E-state index in [-0.39, 0.29) is 17.7 Å². The monoisotopic (exact) mass is 475 g/mol. The number of halogens is 5. The first-order valence-corrected chi connectivity index (χ1v) is 10.4. The molecule has 1 aliphatic heterocycles. The molecule has 5 rings (SSSR count). The summed E-state index contributed by atoms with van der Waals surface area (Å²) in [7, 11) is 0. The van der Waals surface area contributed by atoms with Gasteiger partial charge in [-0.25, -0.2) is 23.3 Å². The number of fused-ring (bicyclic) bond motifs is 1. The second kappa shape index (κ2) is 8.19. The van der Waals surface area contributed by atoms with E-state index in [9.17, 15) is 22.0 Å². The van der Waals surface area contributed by atoms with E-state index in [1.165, 1.54) is 10.6 Å². The van der Waals surface area contributed by atoms with E-state index in [4.69, 9.17) is 5.73 Å². The third-order valence-corrected chi connectivity index (χ3v) is 5.93. The zero-order chi connectivity index (χ0) is 24.0. The van der Waals surface area contributed by atoms with Gasteiger partial charge in [0, 0.05) is 30.9 Å². The fourth-order valence-electron chi connectivity index (χ4n) is 4.24. The molecule has 176 valence electrons. The minimum atomic E-state index is -4.54. The number of benzene rings is 1. The van der Waals surface area contributed by atoms with Gasteiger partial charge in [0.15, 0.2) is 17.3 Å². The standard InChI is InChI=1S/C22H18F5N7/c23-16-2-1-13(8-17(16)24)15-7-14(10-34-20(15)31-21(28)32-34)12-3-5-33(6-4-12)19-9-18(22(25,26)27)29-11-30-19/h1-2,7-12H,3-6H2,(H2,28,32). The molecule has 3 aromatic heterocycles. The molecule has 0 unspecified atom stereocenters. The Bertz CT molecular complexity index is 1360. The summed E-state index contributed by atoms with van der Waals surface area (Å²) >= 11 is 0. The van der Waals surface area contributed by atoms with Crippen molar-refractivity contribution in [2.24, 2.45) is 0 Å². The number of alkyl halides is 3. The lowest BCUT2D eigenvalue weighted by Crippen LogP contribution is -2.33. The quantitative estimate of drug-likeness (QED) is 0.441. The second-order valence-corrected chi connectivity index (χ2v) is 8.07. The molecule has 2 N–H and O–H groups in total. The molecule has 0 aliphatic carbocycles. The van der Waals surface area contributed by atoms with E-state index in [1.54, 1.807) is 11.1 Å². The SMILES string of the molecule is Nc1nc2c(-c3ccc(F)c(F)c3)cc(C3CCN(c4cc(C(F)(F)F)ncn4)CC3)cn2n1. The molecule has 4 aromatic rings. The summed E-state index contributed by atoms with van der Waals surface area (Å²) in [5.74, 6) is -1.62. The van der Waals surface area contributed by atoms with E-state index < -0.39 is 23.5 Å². The van der Waals surface area contributed by atoms with Crippen molar-refractivity contribution in [3.63, 3.8) is 0 Å². The first-order chi connectivity index (χ1) is 16.2. The van der Waals surface area contributed by atoms with Gasteiger partial charge in [-0.1, -0.05) is 6.07 Å². The van der Waals surface area contributed by atoms with E-state index in [0.717, 1.165) is 30.1 Å². The molecule has 0 saturated carbocycles. The third kappa shape index (κ3) is 4.11. The van der Waals surface area contributed by atoms with E-state index in [2.05, 4.69) is 20.1 Å². The van der Waals surface area contributed by atoms with Crippen LogP contribution in [0.15, 0.2) is 42.9 Å². The largest absolute Gasteiger partial charge is 0.433 e. The first-order valence-electron chi connectivity index (χ1n) is 10.4. The van der Waals surface area contributed by atoms with Gasteiger partial charge < -0.3 is 10.6 Å². The molecular formula is C22H18F5N7. The molecular weight excluding hydrogens is 457 g/mol. The van der Waals surface area contributed by atoms with Crippen molar-refractivity contribution in [2.75, 3.05) is 23.7 Å². The van der Waals surface area contributed by atoms with Crippen LogP contribution in [0.25, 0.3) is 16.8 Å². The van der Waals surface area contributed by atoms with Crippen LogP contribution < -0.4 is 10.6 Å². The number of hydrogen-bond donors (Lipinski definition) is 1. The van der Waals surface area contributed by atoms with Crippen LogP contribution in [0.3, 0.4) is 0 Å². The summed E-state index contributed by atoms with van der Waals surface area (Å²) in [6.07, 6.45) is -0.561. The zero-order valence-electron chi connectivity index (χ0n) is 17.6. The summed E-state index contributed by atoms with van der Waals surface area (Å²) in [5.41, 5.74) is 7.06. The second-order valence-electron chi connectivity index (χ2n) is 8.07. The van der Waals surface area contributed by atoms with Gasteiger partial charge in [-0.15, -0.1) is 5.10 Å². The Labute approximate surface area is 190 Å². The molecule has 0 atom stereocenters. The molecule has 4 heterocycles. The van der Waals surface area contributed by atoms with Gasteiger partial charge >= 0.3 is 6.18 Å². The third-order valence-electron chi connectivity index (χ3n) is 5.93. The number of aromatic nitrogens is 5. The number of pyridine rings is 1. The Hall–Kier alpha value is -3.83. The number of anilines is 2. The fraction of sp³-hybridized carbons (Fsp3) is 0.273. The zero-order valence-corrected chi connectivity index (χ0v) is 17.6. The summed E-state index contributed by atoms with van der Waals surface area (Å²) in [5, 5.41) is 4.17. The number of hydrogen-bond acceptors (Lipinski definition) is 6. The van der Waals surface area contributed by atoms with Crippen LogP contribution in [-0.2, 0) is 6.18 Å². The predicted octanol–water partition coefficient (Wildman–Crippen LogP) is 4.45. The summed E-state index contributed by atoms with van der Waals surface area (Å²) in [4.78, 5) is 13.3. The molecule has 12 heteroatoms. The molecule has 0 bridgehead atoms. The molecule has 1 saturated heterocycles. The maximum atomic E-state index is 13.9. The van der Waals surface area contributed by atoms with E-state index >= 15 is 0 Å². The van der Waals surface area contributed by atoms with Crippen LogP contribution in [-0.4, -0.2) is 37.7 Å². The lowest BCUT2D eigenvalue weighted by Gasteiger charge is -2.33. The van der Waals surface area contributed by atoms with Crippen LogP contribution in [0, 0.1) is 11.6 Å². The first kappa shape index (κ1) is 22.0. The Morgan fingerprint density at radius 3 is 2.44 bits per heavy atom.